The Labute approximate surface area is 120 Å². The summed E-state index contributed by atoms with van der Waals surface area (Å²) in [6.07, 6.45) is 1.41. The molecule has 0 radical (unpaired) electrons. The summed E-state index contributed by atoms with van der Waals surface area (Å²) in [5.74, 6) is -1.30. The molecule has 6 nitrogen and oxygen atoms in total. The van der Waals surface area contributed by atoms with Gasteiger partial charge in [-0.05, 0) is 40.2 Å². The minimum atomic E-state index is -0.763. The van der Waals surface area contributed by atoms with Crippen LogP contribution in [-0.2, 0) is 0 Å². The van der Waals surface area contributed by atoms with Crippen LogP contribution < -0.4 is 5.32 Å². The Morgan fingerprint density at radius 1 is 1.35 bits per heavy atom. The summed E-state index contributed by atoms with van der Waals surface area (Å²) in [5.41, 5.74) is -0.314. The zero-order valence-electron chi connectivity index (χ0n) is 9.84. The lowest BCUT2D eigenvalue weighted by Crippen LogP contribution is -2.13. The van der Waals surface area contributed by atoms with Crippen molar-refractivity contribution in [3.05, 3.63) is 62.6 Å². The van der Waals surface area contributed by atoms with Crippen LogP contribution in [0.2, 0.25) is 0 Å². The van der Waals surface area contributed by atoms with E-state index < -0.39 is 22.3 Å². The van der Waals surface area contributed by atoms with Crippen molar-refractivity contribution < 1.29 is 14.1 Å². The highest BCUT2D eigenvalue weighted by Gasteiger charge is 2.17. The number of halogens is 2. The van der Waals surface area contributed by atoms with Gasteiger partial charge in [-0.25, -0.2) is 9.37 Å². The average molecular weight is 340 g/mol. The zero-order valence-corrected chi connectivity index (χ0v) is 11.4. The van der Waals surface area contributed by atoms with Crippen molar-refractivity contribution in [2.45, 2.75) is 0 Å². The minimum absolute atomic E-state index is 0.0747. The van der Waals surface area contributed by atoms with Gasteiger partial charge in [0.2, 0.25) is 0 Å². The number of hydrogen-bond acceptors (Lipinski definition) is 4. The van der Waals surface area contributed by atoms with E-state index >= 15 is 0 Å². The summed E-state index contributed by atoms with van der Waals surface area (Å²) in [7, 11) is 0. The van der Waals surface area contributed by atoms with E-state index in [0.29, 0.717) is 4.60 Å². The average Bonchev–Trinajstić information content (AvgIpc) is 2.40. The molecule has 0 aliphatic heterocycles. The van der Waals surface area contributed by atoms with Crippen LogP contribution in [0.15, 0.2) is 41.1 Å². The molecule has 1 N–H and O–H groups in total. The predicted molar refractivity (Wildman–Crippen MR) is 72.9 cm³/mol. The van der Waals surface area contributed by atoms with E-state index in [0.717, 1.165) is 18.2 Å². The Balaban J connectivity index is 2.30. The van der Waals surface area contributed by atoms with Crippen LogP contribution in [0.25, 0.3) is 0 Å². The first-order valence-electron chi connectivity index (χ1n) is 5.34. The van der Waals surface area contributed by atoms with Gasteiger partial charge in [-0.3, -0.25) is 14.9 Å². The van der Waals surface area contributed by atoms with Crippen LogP contribution in [0.3, 0.4) is 0 Å². The third-order valence-electron chi connectivity index (χ3n) is 2.39. The number of aromatic nitrogens is 1. The van der Waals surface area contributed by atoms with Gasteiger partial charge in [0.25, 0.3) is 11.6 Å². The molecule has 102 valence electrons. The largest absolute Gasteiger partial charge is 0.316 e. The molecule has 2 aromatic rings. The number of rotatable bonds is 3. The number of nitrogens with zero attached hydrogens (tertiary/aromatic N) is 2. The number of hydrogen-bond donors (Lipinski definition) is 1. The van der Waals surface area contributed by atoms with Gasteiger partial charge in [0.1, 0.15) is 16.1 Å². The van der Waals surface area contributed by atoms with Crippen LogP contribution >= 0.6 is 15.9 Å². The number of pyridine rings is 1. The number of carbonyl (C=O) groups is 1. The predicted octanol–water partition coefficient (Wildman–Crippen LogP) is 3.14. The molecule has 0 saturated carbocycles. The highest BCUT2D eigenvalue weighted by atomic mass is 79.9. The molecule has 2 rings (SSSR count). The fraction of sp³-hybridized carbons (Fsp3) is 0. The maximum absolute atomic E-state index is 13.0. The van der Waals surface area contributed by atoms with Crippen LogP contribution in [0.5, 0.6) is 0 Å². The van der Waals surface area contributed by atoms with Gasteiger partial charge in [0, 0.05) is 11.8 Å². The molecule has 0 bridgehead atoms. The maximum atomic E-state index is 13.0. The number of amides is 1. The van der Waals surface area contributed by atoms with Gasteiger partial charge in [0.05, 0.1) is 11.0 Å². The molecule has 0 saturated heterocycles. The second kappa shape index (κ2) is 5.74. The number of benzene rings is 1. The molecule has 0 unspecified atom stereocenters. The quantitative estimate of drug-likeness (QED) is 0.528. The van der Waals surface area contributed by atoms with E-state index in [9.17, 15) is 19.3 Å². The zero-order chi connectivity index (χ0) is 14.7. The number of carbonyl (C=O) groups excluding carboxylic acids is 1. The van der Waals surface area contributed by atoms with Gasteiger partial charge in [-0.2, -0.15) is 0 Å². The second-order valence-electron chi connectivity index (χ2n) is 3.74. The molecule has 1 amide bonds. The van der Waals surface area contributed by atoms with Gasteiger partial charge in [-0.15, -0.1) is 0 Å². The first kappa shape index (κ1) is 14.1. The molecule has 20 heavy (non-hydrogen) atoms. The molecule has 0 atom stereocenters. The topological polar surface area (TPSA) is 85.1 Å². The molecule has 0 spiro atoms. The number of anilines is 1. The van der Waals surface area contributed by atoms with E-state index in [2.05, 4.69) is 26.2 Å². The monoisotopic (exact) mass is 339 g/mol. The van der Waals surface area contributed by atoms with Crippen molar-refractivity contribution in [3.8, 4) is 0 Å². The van der Waals surface area contributed by atoms with Crippen molar-refractivity contribution >= 4 is 33.2 Å². The van der Waals surface area contributed by atoms with E-state index in [-0.39, 0.29) is 11.3 Å². The van der Waals surface area contributed by atoms with Crippen LogP contribution in [0.1, 0.15) is 10.4 Å². The summed E-state index contributed by atoms with van der Waals surface area (Å²) in [6, 6.07) is 5.84. The lowest BCUT2D eigenvalue weighted by molar-refractivity contribution is -0.384. The van der Waals surface area contributed by atoms with Gasteiger partial charge in [0.15, 0.2) is 0 Å². The van der Waals surface area contributed by atoms with E-state index in [1.54, 1.807) is 0 Å². The molecule has 0 aliphatic carbocycles. The van der Waals surface area contributed by atoms with Gasteiger partial charge in [-0.1, -0.05) is 0 Å². The lowest BCUT2D eigenvalue weighted by Gasteiger charge is -2.06. The van der Waals surface area contributed by atoms with Gasteiger partial charge < -0.3 is 5.32 Å². The maximum Gasteiger partial charge on any atom is 0.295 e. The van der Waals surface area contributed by atoms with E-state index in [1.165, 1.54) is 18.3 Å². The molecule has 1 aromatic heterocycles. The Morgan fingerprint density at radius 3 is 2.75 bits per heavy atom. The van der Waals surface area contributed by atoms with Crippen molar-refractivity contribution in [2.24, 2.45) is 0 Å². The summed E-state index contributed by atoms with van der Waals surface area (Å²) in [6.45, 7) is 0. The van der Waals surface area contributed by atoms with E-state index in [1.807, 2.05) is 0 Å². The first-order chi connectivity index (χ1) is 9.47. The lowest BCUT2D eigenvalue weighted by atomic mass is 10.2. The third-order valence-corrected chi connectivity index (χ3v) is 2.83. The first-order valence-corrected chi connectivity index (χ1v) is 6.13. The van der Waals surface area contributed by atoms with Crippen molar-refractivity contribution in [1.29, 1.82) is 0 Å². The van der Waals surface area contributed by atoms with Crippen LogP contribution in [0, 0.1) is 15.9 Å². The second-order valence-corrected chi connectivity index (χ2v) is 4.55. The molecular weight excluding hydrogens is 333 g/mol. The molecule has 1 aromatic carbocycles. The highest BCUT2D eigenvalue weighted by molar-refractivity contribution is 9.10. The fourth-order valence-electron chi connectivity index (χ4n) is 1.50. The Bertz CT molecular complexity index is 693. The normalized spacial score (nSPS) is 10.1. The molecule has 0 fully saturated rings. The van der Waals surface area contributed by atoms with Crippen molar-refractivity contribution in [2.75, 3.05) is 5.32 Å². The summed E-state index contributed by atoms with van der Waals surface area (Å²) < 4.78 is 13.4. The van der Waals surface area contributed by atoms with Crippen LogP contribution in [0.4, 0.5) is 15.8 Å². The molecule has 1 heterocycles. The Hall–Kier alpha value is -2.35. The smallest absolute Gasteiger partial charge is 0.295 e. The standard InChI is InChI=1S/C12H7BrFN3O3/c13-11-5-7(3-4-15-11)12(18)16-9-2-1-8(14)6-10(9)17(19)20/h1-6H,(H,16,18). The number of nitrogens with one attached hydrogen (secondary N) is 1. The highest BCUT2D eigenvalue weighted by Crippen LogP contribution is 2.25. The molecule has 0 aliphatic rings. The van der Waals surface area contributed by atoms with Crippen molar-refractivity contribution in [3.63, 3.8) is 0 Å². The molecular formula is C12H7BrFN3O3. The Morgan fingerprint density at radius 2 is 2.10 bits per heavy atom. The fourth-order valence-corrected chi connectivity index (χ4v) is 1.86. The van der Waals surface area contributed by atoms with Crippen LogP contribution in [-0.4, -0.2) is 15.8 Å². The summed E-state index contributed by atoms with van der Waals surface area (Å²) in [4.78, 5) is 25.9. The SMILES string of the molecule is O=C(Nc1ccc(F)cc1[N+](=O)[O-])c1ccnc(Br)c1. The molecule has 8 heteroatoms. The summed E-state index contributed by atoms with van der Waals surface area (Å²) >= 11 is 3.11. The number of nitro groups is 1. The minimum Gasteiger partial charge on any atom is -0.316 e. The van der Waals surface area contributed by atoms with Crippen molar-refractivity contribution in [1.82, 2.24) is 4.98 Å². The van der Waals surface area contributed by atoms with Gasteiger partial charge >= 0.3 is 0 Å². The van der Waals surface area contributed by atoms with E-state index in [4.69, 9.17) is 0 Å². The third kappa shape index (κ3) is 3.15. The summed E-state index contributed by atoms with van der Waals surface area (Å²) in [5, 5.41) is 13.2. The number of nitro benzene ring substituents is 1. The Kier molecular flexibility index (Phi) is 4.04.